The van der Waals surface area contributed by atoms with Crippen LogP contribution in [-0.2, 0) is 6.42 Å². The smallest absolute Gasteiger partial charge is 0.230 e. The quantitative estimate of drug-likeness (QED) is 0.769. The molecule has 0 atom stereocenters. The number of hydrogen-bond acceptors (Lipinski definition) is 4. The summed E-state index contributed by atoms with van der Waals surface area (Å²) in [5.74, 6) is 0.372. The molecule has 0 aliphatic heterocycles. The van der Waals surface area contributed by atoms with Gasteiger partial charge in [-0.05, 0) is 31.0 Å². The highest BCUT2D eigenvalue weighted by atomic mass is 32.1. The van der Waals surface area contributed by atoms with E-state index in [2.05, 4.69) is 43.3 Å². The molecule has 1 aromatic carbocycles. The van der Waals surface area contributed by atoms with Crippen molar-refractivity contribution in [1.82, 2.24) is 5.16 Å². The van der Waals surface area contributed by atoms with Crippen molar-refractivity contribution < 1.29 is 4.52 Å². The van der Waals surface area contributed by atoms with Gasteiger partial charge in [0.2, 0.25) is 5.88 Å². The van der Waals surface area contributed by atoms with Gasteiger partial charge >= 0.3 is 0 Å². The summed E-state index contributed by atoms with van der Waals surface area (Å²) in [5.41, 5.74) is 9.93. The SMILES string of the molecule is CCc1ccc(-c2noc(N)c2-c2cccc(C)c2)s1. The zero-order chi connectivity index (χ0) is 14.1. The van der Waals surface area contributed by atoms with E-state index in [0.717, 1.165) is 28.1 Å². The number of rotatable bonds is 3. The lowest BCUT2D eigenvalue weighted by Gasteiger charge is -2.02. The molecule has 0 bridgehead atoms. The molecular formula is C16H16N2OS. The Labute approximate surface area is 122 Å². The molecule has 0 unspecified atom stereocenters. The number of aryl methyl sites for hydroxylation is 2. The van der Waals surface area contributed by atoms with E-state index in [1.165, 1.54) is 10.4 Å². The second-order valence-electron chi connectivity index (χ2n) is 4.76. The molecule has 0 saturated carbocycles. The molecule has 4 heteroatoms. The number of aromatic nitrogens is 1. The van der Waals surface area contributed by atoms with Crippen LogP contribution < -0.4 is 5.73 Å². The minimum Gasteiger partial charge on any atom is -0.367 e. The van der Waals surface area contributed by atoms with Gasteiger partial charge in [0, 0.05) is 4.88 Å². The van der Waals surface area contributed by atoms with Crippen molar-refractivity contribution in [3.05, 3.63) is 46.8 Å². The predicted octanol–water partition coefficient (Wildman–Crippen LogP) is 4.52. The van der Waals surface area contributed by atoms with Crippen LogP contribution in [0.15, 0.2) is 40.9 Å². The summed E-state index contributed by atoms with van der Waals surface area (Å²) < 4.78 is 5.22. The molecule has 0 saturated heterocycles. The molecular weight excluding hydrogens is 268 g/mol. The molecule has 20 heavy (non-hydrogen) atoms. The Hall–Kier alpha value is -2.07. The molecule has 102 valence electrons. The van der Waals surface area contributed by atoms with E-state index in [9.17, 15) is 0 Å². The molecule has 0 amide bonds. The molecule has 0 radical (unpaired) electrons. The van der Waals surface area contributed by atoms with Crippen molar-refractivity contribution in [2.75, 3.05) is 5.73 Å². The third-order valence-electron chi connectivity index (χ3n) is 3.27. The topological polar surface area (TPSA) is 52.0 Å². The van der Waals surface area contributed by atoms with Gasteiger partial charge in [0.15, 0.2) is 0 Å². The Bertz CT molecular complexity index is 743. The molecule has 0 aliphatic carbocycles. The Kier molecular flexibility index (Phi) is 3.32. The van der Waals surface area contributed by atoms with E-state index in [-0.39, 0.29) is 0 Å². The van der Waals surface area contributed by atoms with Gasteiger partial charge in [-0.1, -0.05) is 41.9 Å². The van der Waals surface area contributed by atoms with Crippen LogP contribution in [0.4, 0.5) is 5.88 Å². The highest BCUT2D eigenvalue weighted by molar-refractivity contribution is 7.15. The highest BCUT2D eigenvalue weighted by Crippen LogP contribution is 2.39. The minimum atomic E-state index is 0.372. The van der Waals surface area contributed by atoms with Gasteiger partial charge in [-0.2, -0.15) is 0 Å². The van der Waals surface area contributed by atoms with E-state index < -0.39 is 0 Å². The van der Waals surface area contributed by atoms with Gasteiger partial charge in [0.1, 0.15) is 5.69 Å². The first-order valence-electron chi connectivity index (χ1n) is 6.60. The van der Waals surface area contributed by atoms with Crippen molar-refractivity contribution in [3.63, 3.8) is 0 Å². The lowest BCUT2D eigenvalue weighted by Crippen LogP contribution is -1.87. The first kappa shape index (κ1) is 12.9. The zero-order valence-corrected chi connectivity index (χ0v) is 12.3. The van der Waals surface area contributed by atoms with E-state index in [1.807, 2.05) is 12.1 Å². The number of anilines is 1. The third-order valence-corrected chi connectivity index (χ3v) is 4.51. The maximum Gasteiger partial charge on any atom is 0.230 e. The normalized spacial score (nSPS) is 10.9. The first-order chi connectivity index (χ1) is 9.69. The van der Waals surface area contributed by atoms with Crippen molar-refractivity contribution in [3.8, 4) is 21.7 Å². The summed E-state index contributed by atoms with van der Waals surface area (Å²) in [6, 6.07) is 12.4. The number of nitrogens with two attached hydrogens (primary N) is 1. The van der Waals surface area contributed by atoms with E-state index >= 15 is 0 Å². The number of nitrogens with zero attached hydrogens (tertiary/aromatic N) is 1. The molecule has 3 nitrogen and oxygen atoms in total. The van der Waals surface area contributed by atoms with Gasteiger partial charge in [-0.15, -0.1) is 11.3 Å². The summed E-state index contributed by atoms with van der Waals surface area (Å²) in [7, 11) is 0. The van der Waals surface area contributed by atoms with Crippen LogP contribution >= 0.6 is 11.3 Å². The summed E-state index contributed by atoms with van der Waals surface area (Å²) in [5, 5.41) is 4.15. The molecule has 3 rings (SSSR count). The lowest BCUT2D eigenvalue weighted by atomic mass is 10.0. The van der Waals surface area contributed by atoms with E-state index in [1.54, 1.807) is 11.3 Å². The summed E-state index contributed by atoms with van der Waals surface area (Å²) in [4.78, 5) is 2.43. The van der Waals surface area contributed by atoms with Crippen LogP contribution in [0.25, 0.3) is 21.7 Å². The lowest BCUT2D eigenvalue weighted by molar-refractivity contribution is 0.439. The standard InChI is InChI=1S/C16H16N2OS/c1-3-12-7-8-13(20-12)15-14(16(17)19-18-15)11-6-4-5-10(2)9-11/h4-9H,3,17H2,1-2H3. The third kappa shape index (κ3) is 2.23. The number of benzene rings is 1. The predicted molar refractivity (Wildman–Crippen MR) is 83.8 cm³/mol. The van der Waals surface area contributed by atoms with E-state index in [4.69, 9.17) is 10.3 Å². The van der Waals surface area contributed by atoms with Gasteiger partial charge in [0.05, 0.1) is 10.4 Å². The molecule has 0 spiro atoms. The maximum atomic E-state index is 5.98. The summed E-state index contributed by atoms with van der Waals surface area (Å²) in [6.07, 6.45) is 1.03. The summed E-state index contributed by atoms with van der Waals surface area (Å²) in [6.45, 7) is 4.21. The molecule has 3 aromatic rings. The maximum absolute atomic E-state index is 5.98. The van der Waals surface area contributed by atoms with Crippen LogP contribution in [0.2, 0.25) is 0 Å². The molecule has 0 aliphatic rings. The Morgan fingerprint density at radius 2 is 2.10 bits per heavy atom. The Morgan fingerprint density at radius 3 is 2.80 bits per heavy atom. The zero-order valence-electron chi connectivity index (χ0n) is 11.5. The van der Waals surface area contributed by atoms with Gasteiger partial charge in [0.25, 0.3) is 0 Å². The van der Waals surface area contributed by atoms with E-state index in [0.29, 0.717) is 5.88 Å². The number of hydrogen-bond donors (Lipinski definition) is 1. The van der Waals surface area contributed by atoms with Crippen LogP contribution in [0, 0.1) is 6.92 Å². The summed E-state index contributed by atoms with van der Waals surface area (Å²) >= 11 is 1.73. The van der Waals surface area contributed by atoms with Crippen molar-refractivity contribution >= 4 is 17.2 Å². The van der Waals surface area contributed by atoms with Crippen LogP contribution in [0.1, 0.15) is 17.4 Å². The number of thiophene rings is 1. The van der Waals surface area contributed by atoms with Crippen LogP contribution in [0.3, 0.4) is 0 Å². The van der Waals surface area contributed by atoms with Crippen LogP contribution in [0.5, 0.6) is 0 Å². The fourth-order valence-electron chi connectivity index (χ4n) is 2.25. The average Bonchev–Trinajstić information content (AvgIpc) is 3.04. The van der Waals surface area contributed by atoms with Gasteiger partial charge in [-0.3, -0.25) is 0 Å². The Morgan fingerprint density at radius 1 is 1.25 bits per heavy atom. The highest BCUT2D eigenvalue weighted by Gasteiger charge is 2.18. The fourth-order valence-corrected chi connectivity index (χ4v) is 3.18. The second kappa shape index (κ2) is 5.13. The second-order valence-corrected chi connectivity index (χ2v) is 5.93. The van der Waals surface area contributed by atoms with Crippen molar-refractivity contribution in [2.24, 2.45) is 0 Å². The van der Waals surface area contributed by atoms with Crippen molar-refractivity contribution in [2.45, 2.75) is 20.3 Å². The van der Waals surface area contributed by atoms with Gasteiger partial charge < -0.3 is 10.3 Å². The fraction of sp³-hybridized carbons (Fsp3) is 0.188. The molecule has 2 aromatic heterocycles. The minimum absolute atomic E-state index is 0.372. The molecule has 2 N–H and O–H groups in total. The van der Waals surface area contributed by atoms with Gasteiger partial charge in [-0.25, -0.2) is 0 Å². The Balaban J connectivity index is 2.14. The monoisotopic (exact) mass is 284 g/mol. The van der Waals surface area contributed by atoms with Crippen LogP contribution in [-0.4, -0.2) is 5.16 Å². The average molecular weight is 284 g/mol. The van der Waals surface area contributed by atoms with Crippen molar-refractivity contribution in [1.29, 1.82) is 0 Å². The number of nitrogen functional groups attached to an aromatic ring is 1. The first-order valence-corrected chi connectivity index (χ1v) is 7.42. The largest absolute Gasteiger partial charge is 0.367 e. The molecule has 2 heterocycles. The molecule has 0 fully saturated rings.